The highest BCUT2D eigenvalue weighted by atomic mass is 35.5. The fraction of sp³-hybridized carbons (Fsp3) is 0. The molecule has 0 unspecified atom stereocenters. The van der Waals surface area contributed by atoms with E-state index in [9.17, 15) is 0 Å². The molecule has 4 nitrogen and oxygen atoms in total. The van der Waals surface area contributed by atoms with Crippen molar-refractivity contribution in [3.8, 4) is 0 Å². The second-order valence-electron chi connectivity index (χ2n) is 1.37. The largest absolute Gasteiger partial charge is 0.308 e. The van der Waals surface area contributed by atoms with Crippen molar-refractivity contribution in [1.82, 2.24) is 9.97 Å². The quantitative estimate of drug-likeness (QED) is 0.382. The second-order valence-corrected chi connectivity index (χ2v) is 1.76. The van der Waals surface area contributed by atoms with Crippen molar-refractivity contribution in [2.45, 2.75) is 0 Å². The van der Waals surface area contributed by atoms with Gasteiger partial charge in [0.25, 0.3) is 0 Å². The Morgan fingerprint density at radius 1 is 1.50 bits per heavy atom. The van der Waals surface area contributed by atoms with Gasteiger partial charge in [-0.3, -0.25) is 0 Å². The predicted molar refractivity (Wildman–Crippen MR) is 42.1 cm³/mol. The van der Waals surface area contributed by atoms with E-state index in [2.05, 4.69) is 15.4 Å². The van der Waals surface area contributed by atoms with E-state index in [4.69, 9.17) is 17.4 Å². The Bertz CT molecular complexity index is 204. The molecule has 0 aromatic carbocycles. The van der Waals surface area contributed by atoms with Crippen molar-refractivity contribution in [3.05, 3.63) is 17.5 Å². The maximum atomic E-state index is 5.48. The molecule has 1 heterocycles. The molecule has 0 atom stereocenters. The predicted octanol–water partition coefficient (Wildman–Crippen LogP) is 0.837. The molecule has 10 heavy (non-hydrogen) atoms. The lowest BCUT2D eigenvalue weighted by atomic mass is 10.6. The molecule has 0 spiro atoms. The van der Waals surface area contributed by atoms with Gasteiger partial charge >= 0.3 is 0 Å². The van der Waals surface area contributed by atoms with Crippen molar-refractivity contribution in [2.75, 3.05) is 5.43 Å². The van der Waals surface area contributed by atoms with Crippen LogP contribution in [0.2, 0.25) is 5.15 Å². The van der Waals surface area contributed by atoms with Crippen LogP contribution in [0.4, 0.5) is 5.82 Å². The number of hydrogen-bond donors (Lipinski definition) is 2. The van der Waals surface area contributed by atoms with E-state index in [1.54, 1.807) is 0 Å². The van der Waals surface area contributed by atoms with Crippen LogP contribution < -0.4 is 11.3 Å². The van der Waals surface area contributed by atoms with Crippen molar-refractivity contribution >= 4 is 29.8 Å². The number of hydrazine groups is 1. The third-order valence-electron chi connectivity index (χ3n) is 0.782. The number of nitrogens with two attached hydrogens (primary N) is 1. The van der Waals surface area contributed by atoms with Gasteiger partial charge in [0.05, 0.1) is 0 Å². The number of nitrogens with zero attached hydrogens (tertiary/aromatic N) is 2. The first-order chi connectivity index (χ1) is 4.33. The van der Waals surface area contributed by atoms with Crippen LogP contribution in [0.3, 0.4) is 0 Å². The Morgan fingerprint density at radius 2 is 2.20 bits per heavy atom. The van der Waals surface area contributed by atoms with Gasteiger partial charge in [-0.1, -0.05) is 11.6 Å². The molecule has 0 fully saturated rings. The van der Waals surface area contributed by atoms with Crippen LogP contribution in [0.15, 0.2) is 12.4 Å². The van der Waals surface area contributed by atoms with Gasteiger partial charge in [-0.05, 0) is 0 Å². The molecule has 56 valence electrons. The van der Waals surface area contributed by atoms with E-state index < -0.39 is 0 Å². The van der Waals surface area contributed by atoms with Crippen LogP contribution in [-0.2, 0) is 0 Å². The molecule has 1 aromatic heterocycles. The average molecular weight is 181 g/mol. The number of anilines is 1. The van der Waals surface area contributed by atoms with Crippen LogP contribution in [0.25, 0.3) is 0 Å². The molecule has 0 amide bonds. The summed E-state index contributed by atoms with van der Waals surface area (Å²) in [6, 6.07) is 1.53. The number of nitrogen functional groups attached to an aromatic ring is 1. The van der Waals surface area contributed by atoms with Crippen molar-refractivity contribution < 1.29 is 0 Å². The summed E-state index contributed by atoms with van der Waals surface area (Å²) in [5.74, 6) is 5.53. The zero-order valence-electron chi connectivity index (χ0n) is 4.91. The number of halogens is 2. The molecule has 0 aliphatic rings. The maximum Gasteiger partial charge on any atom is 0.144 e. The first-order valence-corrected chi connectivity index (χ1v) is 2.65. The minimum atomic E-state index is 0. The molecule has 0 aliphatic carbocycles. The Balaban J connectivity index is 0.000000810. The normalized spacial score (nSPS) is 8.20. The third-order valence-corrected chi connectivity index (χ3v) is 0.988. The highest BCUT2D eigenvalue weighted by molar-refractivity contribution is 6.29. The average Bonchev–Trinajstić information content (AvgIpc) is 1.88. The summed E-state index contributed by atoms with van der Waals surface area (Å²) in [4.78, 5) is 7.37. The van der Waals surface area contributed by atoms with E-state index in [1.165, 1.54) is 12.4 Å². The molecule has 1 rings (SSSR count). The first kappa shape index (κ1) is 9.42. The number of hydrogen-bond acceptors (Lipinski definition) is 4. The van der Waals surface area contributed by atoms with Gasteiger partial charge in [0.15, 0.2) is 0 Å². The van der Waals surface area contributed by atoms with E-state index in [0.29, 0.717) is 11.0 Å². The lowest BCUT2D eigenvalue weighted by Gasteiger charge is -1.94. The summed E-state index contributed by atoms with van der Waals surface area (Å²) in [6.07, 6.45) is 1.33. The Labute approximate surface area is 69.2 Å². The van der Waals surface area contributed by atoms with E-state index >= 15 is 0 Å². The lowest BCUT2D eigenvalue weighted by Crippen LogP contribution is -2.08. The molecule has 0 radical (unpaired) electrons. The van der Waals surface area contributed by atoms with Gasteiger partial charge in [0.1, 0.15) is 17.3 Å². The van der Waals surface area contributed by atoms with Crippen LogP contribution in [0, 0.1) is 0 Å². The zero-order valence-corrected chi connectivity index (χ0v) is 6.49. The van der Waals surface area contributed by atoms with Gasteiger partial charge in [0.2, 0.25) is 0 Å². The molecule has 0 aliphatic heterocycles. The molecule has 0 saturated heterocycles. The first-order valence-electron chi connectivity index (χ1n) is 2.27. The fourth-order valence-electron chi connectivity index (χ4n) is 0.413. The van der Waals surface area contributed by atoms with Crippen molar-refractivity contribution in [2.24, 2.45) is 5.84 Å². The van der Waals surface area contributed by atoms with Crippen LogP contribution in [-0.4, -0.2) is 9.97 Å². The minimum absolute atomic E-state index is 0. The van der Waals surface area contributed by atoms with Gasteiger partial charge in [-0.25, -0.2) is 15.8 Å². The SMILES string of the molecule is Cl.NNc1cc(Cl)ncn1. The van der Waals surface area contributed by atoms with Crippen molar-refractivity contribution in [3.63, 3.8) is 0 Å². The number of aromatic nitrogens is 2. The maximum absolute atomic E-state index is 5.48. The van der Waals surface area contributed by atoms with Crippen molar-refractivity contribution in [1.29, 1.82) is 0 Å². The van der Waals surface area contributed by atoms with Crippen LogP contribution in [0.1, 0.15) is 0 Å². The Morgan fingerprint density at radius 3 is 2.60 bits per heavy atom. The van der Waals surface area contributed by atoms with E-state index in [-0.39, 0.29) is 12.4 Å². The molecule has 0 bridgehead atoms. The molecular weight excluding hydrogens is 175 g/mol. The zero-order chi connectivity index (χ0) is 6.69. The molecule has 6 heteroatoms. The summed E-state index contributed by atoms with van der Waals surface area (Å²) in [7, 11) is 0. The number of rotatable bonds is 1. The molecule has 1 aromatic rings. The molecule has 3 N–H and O–H groups in total. The Kier molecular flexibility index (Phi) is 4.02. The Hall–Kier alpha value is -0.580. The number of nitrogens with one attached hydrogen (secondary N) is 1. The summed E-state index contributed by atoms with van der Waals surface area (Å²) >= 11 is 5.48. The third kappa shape index (κ3) is 2.34. The summed E-state index contributed by atoms with van der Waals surface area (Å²) in [6.45, 7) is 0. The smallest absolute Gasteiger partial charge is 0.144 e. The van der Waals surface area contributed by atoms with Crippen LogP contribution >= 0.6 is 24.0 Å². The summed E-state index contributed by atoms with van der Waals surface area (Å²) in [5.41, 5.74) is 2.33. The monoisotopic (exact) mass is 180 g/mol. The van der Waals surface area contributed by atoms with Gasteiger partial charge in [-0.15, -0.1) is 12.4 Å². The summed E-state index contributed by atoms with van der Waals surface area (Å²) < 4.78 is 0. The molecule has 0 saturated carbocycles. The van der Waals surface area contributed by atoms with E-state index in [1.807, 2.05) is 0 Å². The second kappa shape index (κ2) is 4.27. The van der Waals surface area contributed by atoms with E-state index in [0.717, 1.165) is 0 Å². The minimum Gasteiger partial charge on any atom is -0.308 e. The standard InChI is InChI=1S/C4H5ClN4.ClH/c5-3-1-4(9-6)8-2-7-3;/h1-2H,6H2,(H,7,8,9);1H. The summed E-state index contributed by atoms with van der Waals surface area (Å²) in [5, 5.41) is 0.373. The van der Waals surface area contributed by atoms with Gasteiger partial charge in [0, 0.05) is 6.07 Å². The topological polar surface area (TPSA) is 63.8 Å². The van der Waals surface area contributed by atoms with Gasteiger partial charge < -0.3 is 5.43 Å². The lowest BCUT2D eigenvalue weighted by molar-refractivity contribution is 1.14. The fourth-order valence-corrected chi connectivity index (χ4v) is 0.560. The highest BCUT2D eigenvalue weighted by Crippen LogP contribution is 2.05. The molecular formula is C4H6Cl2N4. The van der Waals surface area contributed by atoms with Crippen LogP contribution in [0.5, 0.6) is 0 Å². The highest BCUT2D eigenvalue weighted by Gasteiger charge is 1.89. The van der Waals surface area contributed by atoms with Gasteiger partial charge in [-0.2, -0.15) is 0 Å².